The molecule has 0 radical (unpaired) electrons. The Morgan fingerprint density at radius 2 is 0.974 bits per heavy atom. The van der Waals surface area contributed by atoms with Crippen LogP contribution in [0.5, 0.6) is 0 Å². The van der Waals surface area contributed by atoms with Crippen LogP contribution in [0, 0.1) is 0 Å². The summed E-state index contributed by atoms with van der Waals surface area (Å²) in [5.41, 5.74) is 0.609. The van der Waals surface area contributed by atoms with Crippen LogP contribution in [-0.2, 0) is 28.5 Å². The third-order valence-corrected chi connectivity index (χ3v) is 6.41. The lowest BCUT2D eigenvalue weighted by molar-refractivity contribution is -0.210. The molecule has 0 N–H and O–H groups in total. The van der Waals surface area contributed by atoms with Crippen molar-refractivity contribution in [2.75, 3.05) is 7.11 Å². The van der Waals surface area contributed by atoms with Crippen molar-refractivity contribution in [3.8, 4) is 0 Å². The van der Waals surface area contributed by atoms with Crippen molar-refractivity contribution in [3.63, 3.8) is 0 Å². The van der Waals surface area contributed by atoms with E-state index in [-0.39, 0.29) is 16.7 Å². The molecule has 1 heterocycles. The monoisotopic (exact) mass is 582 g/mol. The van der Waals surface area contributed by atoms with Gasteiger partial charge >= 0.3 is 23.9 Å². The molecular formula is C28H23BrO9. The van der Waals surface area contributed by atoms with Gasteiger partial charge in [0.15, 0.2) is 29.4 Å². The lowest BCUT2D eigenvalue weighted by Crippen LogP contribution is -2.62. The summed E-state index contributed by atoms with van der Waals surface area (Å²) in [5.74, 6) is -3.22. The average Bonchev–Trinajstić information content (AvgIpc) is 2.96. The van der Waals surface area contributed by atoms with Crippen molar-refractivity contribution in [2.45, 2.75) is 29.4 Å². The molecule has 1 aliphatic heterocycles. The Kier molecular flexibility index (Phi) is 8.88. The summed E-state index contributed by atoms with van der Waals surface area (Å²) in [6, 6.07) is 24.2. The summed E-state index contributed by atoms with van der Waals surface area (Å²) < 4.78 is 27.7. The molecule has 0 aromatic heterocycles. The summed E-state index contributed by atoms with van der Waals surface area (Å²) in [7, 11) is 1.14. The van der Waals surface area contributed by atoms with E-state index in [4.69, 9.17) is 23.7 Å². The maximum Gasteiger partial charge on any atom is 0.339 e. The molecule has 1 saturated heterocycles. The van der Waals surface area contributed by atoms with Gasteiger partial charge in [-0.3, -0.25) is 0 Å². The zero-order valence-corrected chi connectivity index (χ0v) is 21.7. The minimum Gasteiger partial charge on any atom is -0.467 e. The van der Waals surface area contributed by atoms with Crippen molar-refractivity contribution in [1.29, 1.82) is 0 Å². The van der Waals surface area contributed by atoms with Crippen molar-refractivity contribution in [2.24, 2.45) is 0 Å². The van der Waals surface area contributed by atoms with Gasteiger partial charge in [-0.05, 0) is 36.4 Å². The molecule has 0 aliphatic carbocycles. The Hall–Kier alpha value is -4.02. The predicted octanol–water partition coefficient (Wildman–Crippen LogP) is 3.96. The lowest BCUT2D eigenvalue weighted by atomic mass is 9.98. The van der Waals surface area contributed by atoms with Crippen LogP contribution in [0.1, 0.15) is 31.1 Å². The Morgan fingerprint density at radius 3 is 1.37 bits per heavy atom. The molecule has 196 valence electrons. The first-order chi connectivity index (χ1) is 18.4. The lowest BCUT2D eigenvalue weighted by Gasteiger charge is -2.42. The second-order valence-electron chi connectivity index (χ2n) is 8.14. The van der Waals surface area contributed by atoms with E-state index in [0.717, 1.165) is 7.11 Å². The molecule has 4 rings (SSSR count). The first-order valence-corrected chi connectivity index (χ1v) is 12.5. The number of methoxy groups -OCH3 is 1. The van der Waals surface area contributed by atoms with Crippen LogP contribution in [0.15, 0.2) is 91.0 Å². The molecule has 1 aliphatic rings. The number of rotatable bonds is 7. The molecule has 1 fully saturated rings. The summed E-state index contributed by atoms with van der Waals surface area (Å²) >= 11 is 3.28. The zero-order chi connectivity index (χ0) is 27.1. The minimum absolute atomic E-state index is 0.183. The summed E-state index contributed by atoms with van der Waals surface area (Å²) in [5, 5.41) is -1.13. The van der Waals surface area contributed by atoms with Gasteiger partial charge in [0.25, 0.3) is 0 Å². The molecule has 3 aromatic rings. The van der Waals surface area contributed by atoms with E-state index >= 15 is 0 Å². The van der Waals surface area contributed by atoms with E-state index in [2.05, 4.69) is 15.9 Å². The smallest absolute Gasteiger partial charge is 0.339 e. The van der Waals surface area contributed by atoms with Crippen LogP contribution in [0.3, 0.4) is 0 Å². The molecule has 0 bridgehead atoms. The maximum atomic E-state index is 13.1. The quantitative estimate of drug-likeness (QED) is 0.232. The molecule has 0 spiro atoms. The first-order valence-electron chi connectivity index (χ1n) is 11.5. The van der Waals surface area contributed by atoms with Gasteiger partial charge in [0.2, 0.25) is 0 Å². The van der Waals surface area contributed by atoms with Crippen LogP contribution in [0.25, 0.3) is 0 Å². The maximum absolute atomic E-state index is 13.1. The standard InChI is InChI=1S/C28H23BrO9/c1-34-28(33)23-21(37-26(31)18-13-7-3-8-14-18)20(36-25(30)17-11-5-2-6-12-17)22(24(29)35-23)38-27(32)19-15-9-4-10-16-19/h2-16,20-24H,1H3/t20-,21-,22+,23-,24?/m0/s1. The Labute approximate surface area is 226 Å². The van der Waals surface area contributed by atoms with Crippen molar-refractivity contribution >= 4 is 39.8 Å². The second-order valence-corrected chi connectivity index (χ2v) is 9.04. The Balaban J connectivity index is 1.71. The average molecular weight is 583 g/mol. The fraction of sp³-hybridized carbons (Fsp3) is 0.214. The number of halogens is 1. The van der Waals surface area contributed by atoms with Gasteiger partial charge in [-0.1, -0.05) is 70.5 Å². The topological polar surface area (TPSA) is 114 Å². The van der Waals surface area contributed by atoms with Gasteiger partial charge in [0, 0.05) is 0 Å². The van der Waals surface area contributed by atoms with E-state index < -0.39 is 53.3 Å². The van der Waals surface area contributed by atoms with Crippen molar-refractivity contribution in [1.82, 2.24) is 0 Å². The predicted molar refractivity (Wildman–Crippen MR) is 137 cm³/mol. The van der Waals surface area contributed by atoms with E-state index in [1.807, 2.05) is 0 Å². The summed E-state index contributed by atoms with van der Waals surface area (Å²) in [6.07, 6.45) is -5.79. The highest BCUT2D eigenvalue weighted by atomic mass is 79.9. The molecular weight excluding hydrogens is 560 g/mol. The minimum atomic E-state index is -1.52. The van der Waals surface area contributed by atoms with Crippen LogP contribution in [-0.4, -0.2) is 60.4 Å². The Morgan fingerprint density at radius 1 is 0.605 bits per heavy atom. The highest BCUT2D eigenvalue weighted by Gasteiger charge is 2.54. The van der Waals surface area contributed by atoms with E-state index in [1.165, 1.54) is 24.3 Å². The second kappa shape index (κ2) is 12.5. The van der Waals surface area contributed by atoms with Crippen molar-refractivity contribution < 1.29 is 42.9 Å². The SMILES string of the molecule is COC(=O)[C@H]1OC(Br)[C@H](OC(=O)c2ccccc2)[C@@H](OC(=O)c2ccccc2)[C@@H]1OC(=O)c1ccccc1. The zero-order valence-electron chi connectivity index (χ0n) is 20.1. The number of alkyl halides is 1. The molecule has 5 atom stereocenters. The van der Waals surface area contributed by atoms with Gasteiger partial charge in [-0.25, -0.2) is 19.2 Å². The molecule has 9 nitrogen and oxygen atoms in total. The number of esters is 4. The van der Waals surface area contributed by atoms with Crippen LogP contribution < -0.4 is 0 Å². The fourth-order valence-corrected chi connectivity index (χ4v) is 4.43. The van der Waals surface area contributed by atoms with Crippen LogP contribution >= 0.6 is 15.9 Å². The van der Waals surface area contributed by atoms with Crippen LogP contribution in [0.2, 0.25) is 0 Å². The molecule has 1 unspecified atom stereocenters. The fourth-order valence-electron chi connectivity index (χ4n) is 3.79. The first kappa shape index (κ1) is 27.0. The highest BCUT2D eigenvalue weighted by Crippen LogP contribution is 2.33. The number of carbonyl (C=O) groups is 4. The number of hydrogen-bond donors (Lipinski definition) is 0. The molecule has 0 saturated carbocycles. The molecule has 3 aromatic carbocycles. The van der Waals surface area contributed by atoms with E-state index in [9.17, 15) is 19.2 Å². The van der Waals surface area contributed by atoms with Gasteiger partial charge < -0.3 is 23.7 Å². The Bertz CT molecular complexity index is 1270. The highest BCUT2D eigenvalue weighted by molar-refractivity contribution is 9.09. The number of hydrogen-bond acceptors (Lipinski definition) is 9. The van der Waals surface area contributed by atoms with Crippen LogP contribution in [0.4, 0.5) is 0 Å². The summed E-state index contributed by atoms with van der Waals surface area (Å²) in [4.78, 5) is 51.7. The molecule has 10 heteroatoms. The number of ether oxygens (including phenoxy) is 5. The molecule has 0 amide bonds. The molecule has 38 heavy (non-hydrogen) atoms. The van der Waals surface area contributed by atoms with Gasteiger partial charge in [-0.2, -0.15) is 0 Å². The van der Waals surface area contributed by atoms with E-state index in [1.54, 1.807) is 66.7 Å². The summed E-state index contributed by atoms with van der Waals surface area (Å²) in [6.45, 7) is 0. The third-order valence-electron chi connectivity index (χ3n) is 5.67. The third kappa shape index (κ3) is 6.27. The normalized spacial score (nSPS) is 22.5. The number of benzene rings is 3. The largest absolute Gasteiger partial charge is 0.467 e. The van der Waals surface area contributed by atoms with E-state index in [0.29, 0.717) is 0 Å². The number of carbonyl (C=O) groups excluding carboxylic acids is 4. The van der Waals surface area contributed by atoms with Gasteiger partial charge in [0.1, 0.15) is 0 Å². The van der Waals surface area contributed by atoms with Gasteiger partial charge in [0.05, 0.1) is 23.8 Å². The van der Waals surface area contributed by atoms with Crippen molar-refractivity contribution in [3.05, 3.63) is 108 Å². The van der Waals surface area contributed by atoms with Gasteiger partial charge in [-0.15, -0.1) is 0 Å².